The lowest BCUT2D eigenvalue weighted by Gasteiger charge is -2.34. The van der Waals surface area contributed by atoms with E-state index in [0.29, 0.717) is 12.3 Å². The summed E-state index contributed by atoms with van der Waals surface area (Å²) in [6.45, 7) is 7.70. The third-order valence-electron chi connectivity index (χ3n) is 5.82. The van der Waals surface area contributed by atoms with Crippen molar-refractivity contribution in [3.05, 3.63) is 0 Å². The van der Waals surface area contributed by atoms with Gasteiger partial charge in [0, 0.05) is 5.92 Å². The molecule has 3 atom stereocenters. The topological polar surface area (TPSA) is 66.8 Å². The van der Waals surface area contributed by atoms with Crippen molar-refractivity contribution in [3.8, 4) is 0 Å². The highest BCUT2D eigenvalue weighted by atomic mass is 16.6. The maximum atomic E-state index is 11.9. The maximum absolute atomic E-state index is 11.9. The third kappa shape index (κ3) is 4.29. The first-order valence-corrected chi connectivity index (χ1v) is 9.41. The fourth-order valence-corrected chi connectivity index (χ4v) is 4.42. The Labute approximate surface area is 145 Å². The smallest absolute Gasteiger partial charge is 0.409 e. The minimum atomic E-state index is -0.921. The number of hydrogen-bond acceptors (Lipinski definition) is 3. The van der Waals surface area contributed by atoms with Gasteiger partial charge < -0.3 is 14.6 Å². The average molecular weight is 339 g/mol. The van der Waals surface area contributed by atoms with Crippen LogP contribution in [0.1, 0.15) is 72.6 Å². The van der Waals surface area contributed by atoms with Crippen LogP contribution >= 0.6 is 0 Å². The number of ether oxygens (including phenoxy) is 1. The van der Waals surface area contributed by atoms with Gasteiger partial charge in [0.05, 0.1) is 12.1 Å². The normalized spacial score (nSPS) is 29.0. The van der Waals surface area contributed by atoms with Crippen LogP contribution in [0.3, 0.4) is 0 Å². The number of carboxylic acid groups (broad SMARTS) is 1. The Balaban J connectivity index is 2.18. The molecule has 1 aliphatic heterocycles. The van der Waals surface area contributed by atoms with Crippen molar-refractivity contribution >= 4 is 12.4 Å². The highest BCUT2D eigenvalue weighted by Gasteiger charge is 2.50. The second kappa shape index (κ2) is 7.85. The molecule has 1 unspecified atom stereocenters. The van der Waals surface area contributed by atoms with Crippen LogP contribution in [-0.2, 0) is 9.53 Å². The molecule has 1 N–H and O–H groups in total. The zero-order chi connectivity index (χ0) is 17.9. The van der Waals surface area contributed by atoms with Gasteiger partial charge in [-0.15, -0.1) is 0 Å². The molecule has 138 valence electrons. The van der Waals surface area contributed by atoms with Gasteiger partial charge in [-0.05, 0) is 38.5 Å². The lowest BCUT2D eigenvalue weighted by atomic mass is 9.81. The number of aldehydes is 1. The number of hydrogen-bond donors (Lipinski definition) is 1. The molecule has 1 saturated carbocycles. The Hall–Kier alpha value is -1.10. The van der Waals surface area contributed by atoms with Crippen LogP contribution in [0.2, 0.25) is 0 Å². The summed E-state index contributed by atoms with van der Waals surface area (Å²) in [7, 11) is 0. The molecule has 0 aromatic carbocycles. The maximum Gasteiger partial charge on any atom is 0.409 e. The molecule has 5 heteroatoms. The number of amides is 1. The molecule has 1 amide bonds. The van der Waals surface area contributed by atoms with E-state index in [1.165, 1.54) is 37.0 Å². The van der Waals surface area contributed by atoms with Gasteiger partial charge in [0.2, 0.25) is 0 Å². The third-order valence-corrected chi connectivity index (χ3v) is 5.82. The van der Waals surface area contributed by atoms with Crippen LogP contribution in [0.5, 0.6) is 0 Å². The minimum Gasteiger partial charge on any atom is -0.465 e. The second-order valence-electron chi connectivity index (χ2n) is 8.34. The Morgan fingerprint density at radius 2 is 1.92 bits per heavy atom. The Kier molecular flexibility index (Phi) is 6.29. The molecule has 0 aromatic heterocycles. The van der Waals surface area contributed by atoms with E-state index in [-0.39, 0.29) is 24.0 Å². The number of carbonyl (C=O) groups excluding carboxylic acids is 1. The summed E-state index contributed by atoms with van der Waals surface area (Å²) in [4.78, 5) is 24.8. The van der Waals surface area contributed by atoms with Crippen LogP contribution in [0.25, 0.3) is 0 Å². The van der Waals surface area contributed by atoms with Crippen LogP contribution in [0.15, 0.2) is 0 Å². The van der Waals surface area contributed by atoms with Gasteiger partial charge in [0.15, 0.2) is 0 Å². The molecule has 0 aromatic rings. The quantitative estimate of drug-likeness (QED) is 0.733. The minimum absolute atomic E-state index is 0.0894. The molecule has 24 heavy (non-hydrogen) atoms. The van der Waals surface area contributed by atoms with E-state index in [1.807, 2.05) is 27.7 Å². The molecule has 2 rings (SSSR count). The molecular formula is C19H33NO4. The van der Waals surface area contributed by atoms with Crippen LogP contribution in [0, 0.1) is 17.8 Å². The molecule has 0 radical (unpaired) electrons. The summed E-state index contributed by atoms with van der Waals surface area (Å²) in [5.74, 6) is 0.719. The van der Waals surface area contributed by atoms with Gasteiger partial charge in [-0.2, -0.15) is 0 Å². The van der Waals surface area contributed by atoms with Gasteiger partial charge in [-0.3, -0.25) is 4.90 Å². The van der Waals surface area contributed by atoms with Crippen LogP contribution in [0.4, 0.5) is 4.79 Å². The van der Waals surface area contributed by atoms with Gasteiger partial charge in [0.1, 0.15) is 12.0 Å². The second-order valence-corrected chi connectivity index (χ2v) is 8.34. The molecule has 1 saturated heterocycles. The molecule has 0 spiro atoms. The van der Waals surface area contributed by atoms with Gasteiger partial charge in [-0.25, -0.2) is 4.79 Å². The molecule has 1 heterocycles. The number of rotatable bonds is 6. The summed E-state index contributed by atoms with van der Waals surface area (Å²) < 4.78 is 6.15. The highest BCUT2D eigenvalue weighted by molar-refractivity contribution is 5.67. The van der Waals surface area contributed by atoms with Crippen molar-refractivity contribution in [3.63, 3.8) is 0 Å². The SMILES string of the molecule is CC(C)C(C=O)C[C@@H]1OC(C)(C)N(C(=O)O)[C@H]1CC1CCCCC1. The summed E-state index contributed by atoms with van der Waals surface area (Å²) in [5, 5.41) is 9.74. The van der Waals surface area contributed by atoms with E-state index >= 15 is 0 Å². The zero-order valence-electron chi connectivity index (χ0n) is 15.5. The van der Waals surface area contributed by atoms with Crippen molar-refractivity contribution < 1.29 is 19.4 Å². The van der Waals surface area contributed by atoms with Crippen LogP contribution < -0.4 is 0 Å². The van der Waals surface area contributed by atoms with Crippen LogP contribution in [-0.4, -0.2) is 40.3 Å². The lowest BCUT2D eigenvalue weighted by Crippen LogP contribution is -2.48. The molecule has 0 bridgehead atoms. The first kappa shape index (κ1) is 19.2. The van der Waals surface area contributed by atoms with E-state index < -0.39 is 11.8 Å². The van der Waals surface area contributed by atoms with Crippen molar-refractivity contribution in [2.75, 3.05) is 0 Å². The van der Waals surface area contributed by atoms with E-state index in [9.17, 15) is 14.7 Å². The first-order valence-electron chi connectivity index (χ1n) is 9.41. The fourth-order valence-electron chi connectivity index (χ4n) is 4.42. The molecule has 2 aliphatic rings. The predicted molar refractivity (Wildman–Crippen MR) is 92.8 cm³/mol. The Bertz CT molecular complexity index is 443. The summed E-state index contributed by atoms with van der Waals surface area (Å²) in [5.41, 5.74) is -0.833. The number of nitrogens with zero attached hydrogens (tertiary/aromatic N) is 1. The van der Waals surface area contributed by atoms with E-state index in [2.05, 4.69) is 0 Å². The standard InChI is InChI=1S/C19H33NO4/c1-13(2)15(12-21)11-17-16(10-14-8-6-5-7-9-14)20(18(22)23)19(3,4)24-17/h12-17H,5-11H2,1-4H3,(H,22,23)/t15?,16-,17-/m0/s1. The molecular weight excluding hydrogens is 306 g/mol. The fraction of sp³-hybridized carbons (Fsp3) is 0.895. The summed E-state index contributed by atoms with van der Waals surface area (Å²) in [6, 6.07) is -0.151. The largest absolute Gasteiger partial charge is 0.465 e. The first-order chi connectivity index (χ1) is 11.3. The zero-order valence-corrected chi connectivity index (χ0v) is 15.5. The lowest BCUT2D eigenvalue weighted by molar-refractivity contribution is -0.115. The van der Waals surface area contributed by atoms with Crippen molar-refractivity contribution in [1.29, 1.82) is 0 Å². The van der Waals surface area contributed by atoms with Crippen molar-refractivity contribution in [2.45, 2.75) is 90.5 Å². The summed E-state index contributed by atoms with van der Waals surface area (Å²) >= 11 is 0. The van der Waals surface area contributed by atoms with Crippen molar-refractivity contribution in [2.24, 2.45) is 17.8 Å². The molecule has 1 aliphatic carbocycles. The van der Waals surface area contributed by atoms with E-state index in [1.54, 1.807) is 0 Å². The van der Waals surface area contributed by atoms with Gasteiger partial charge in [-0.1, -0.05) is 46.0 Å². The molecule has 5 nitrogen and oxygen atoms in total. The Morgan fingerprint density at radius 3 is 2.42 bits per heavy atom. The predicted octanol–water partition coefficient (Wildman–Crippen LogP) is 4.30. The molecule has 2 fully saturated rings. The van der Waals surface area contributed by atoms with Crippen molar-refractivity contribution in [1.82, 2.24) is 4.90 Å². The highest BCUT2D eigenvalue weighted by Crippen LogP contribution is 2.40. The van der Waals surface area contributed by atoms with Gasteiger partial charge in [0.25, 0.3) is 0 Å². The van der Waals surface area contributed by atoms with Gasteiger partial charge >= 0.3 is 6.09 Å². The van der Waals surface area contributed by atoms with E-state index in [4.69, 9.17) is 4.74 Å². The number of carbonyl (C=O) groups is 2. The monoisotopic (exact) mass is 339 g/mol. The van der Waals surface area contributed by atoms with E-state index in [0.717, 1.165) is 12.7 Å². The average Bonchev–Trinajstić information content (AvgIpc) is 2.75. The summed E-state index contributed by atoms with van der Waals surface area (Å²) in [6.07, 6.45) is 7.46. The Morgan fingerprint density at radius 1 is 1.29 bits per heavy atom.